The van der Waals surface area contributed by atoms with Crippen LogP contribution in [0.2, 0.25) is 18.1 Å². The summed E-state index contributed by atoms with van der Waals surface area (Å²) in [4.78, 5) is 0. The molecule has 0 aliphatic heterocycles. The van der Waals surface area contributed by atoms with Crippen molar-refractivity contribution in [3.05, 3.63) is 30.2 Å². The lowest BCUT2D eigenvalue weighted by molar-refractivity contribution is 0.329. The van der Waals surface area contributed by atoms with Crippen molar-refractivity contribution in [3.63, 3.8) is 0 Å². The highest BCUT2D eigenvalue weighted by Crippen LogP contribution is 2.35. The Kier molecular flexibility index (Phi) is 7.40. The average Bonchev–Trinajstić information content (AvgIpc) is 2.45. The quantitative estimate of drug-likeness (QED) is 0.321. The zero-order chi connectivity index (χ0) is 15.0. The molecular weight excluding hydrogens is 260 g/mol. The van der Waals surface area contributed by atoms with Gasteiger partial charge in [-0.3, -0.25) is 0 Å². The lowest BCUT2D eigenvalue weighted by Gasteiger charge is -2.34. The van der Waals surface area contributed by atoms with Gasteiger partial charge in [-0.2, -0.15) is 0 Å². The number of rotatable bonds is 6. The standard InChI is InChI=1S/C18H32OSi/c1-6-17-14-12-10-11-13-15-18(17)16(5)19-20(7-2,8-3)9-4/h18H,1,5,7-15H2,2-4H3. The lowest BCUT2D eigenvalue weighted by atomic mass is 9.86. The molecule has 1 aliphatic carbocycles. The van der Waals surface area contributed by atoms with Gasteiger partial charge in [-0.25, -0.2) is 0 Å². The Bertz CT molecular complexity index is 353. The Morgan fingerprint density at radius 2 is 1.75 bits per heavy atom. The van der Waals surface area contributed by atoms with Crippen LogP contribution in [0.1, 0.15) is 59.3 Å². The highest BCUT2D eigenvalue weighted by atomic mass is 28.4. The minimum Gasteiger partial charge on any atom is -0.546 e. The van der Waals surface area contributed by atoms with E-state index in [0.717, 1.165) is 18.6 Å². The maximum Gasteiger partial charge on any atom is 0.250 e. The van der Waals surface area contributed by atoms with Gasteiger partial charge in [0.1, 0.15) is 0 Å². The maximum atomic E-state index is 6.51. The molecule has 1 nitrogen and oxygen atoms in total. The van der Waals surface area contributed by atoms with E-state index in [4.69, 9.17) is 4.43 Å². The van der Waals surface area contributed by atoms with Gasteiger partial charge in [-0.15, -0.1) is 5.73 Å². The smallest absolute Gasteiger partial charge is 0.250 e. The Labute approximate surface area is 126 Å². The summed E-state index contributed by atoms with van der Waals surface area (Å²) in [6.07, 6.45) is 7.50. The van der Waals surface area contributed by atoms with Crippen molar-refractivity contribution in [2.45, 2.75) is 77.4 Å². The molecule has 1 aliphatic rings. The van der Waals surface area contributed by atoms with E-state index in [0.29, 0.717) is 5.92 Å². The van der Waals surface area contributed by atoms with Gasteiger partial charge >= 0.3 is 0 Å². The van der Waals surface area contributed by atoms with Crippen LogP contribution in [0, 0.1) is 5.92 Å². The molecule has 0 aromatic carbocycles. The third-order valence-corrected chi connectivity index (χ3v) is 9.57. The molecule has 0 aromatic rings. The minimum absolute atomic E-state index is 0.365. The molecule has 0 N–H and O–H groups in total. The molecule has 0 heterocycles. The van der Waals surface area contributed by atoms with E-state index in [9.17, 15) is 0 Å². The molecule has 1 rings (SSSR count). The summed E-state index contributed by atoms with van der Waals surface area (Å²) in [5.74, 6) is 1.37. The molecule has 114 valence electrons. The Hall–Kier alpha value is -0.723. The minimum atomic E-state index is -1.60. The van der Waals surface area contributed by atoms with Crippen LogP contribution in [0.15, 0.2) is 30.2 Å². The van der Waals surface area contributed by atoms with E-state index in [1.54, 1.807) is 0 Å². The van der Waals surface area contributed by atoms with E-state index in [1.807, 2.05) is 0 Å². The van der Waals surface area contributed by atoms with Crippen molar-refractivity contribution in [2.75, 3.05) is 0 Å². The summed E-state index contributed by atoms with van der Waals surface area (Å²) in [7, 11) is -1.60. The second-order valence-corrected chi connectivity index (χ2v) is 10.7. The largest absolute Gasteiger partial charge is 0.546 e. The van der Waals surface area contributed by atoms with Crippen molar-refractivity contribution in [3.8, 4) is 0 Å². The van der Waals surface area contributed by atoms with Crippen molar-refractivity contribution in [1.82, 2.24) is 0 Å². The maximum absolute atomic E-state index is 6.51. The highest BCUT2D eigenvalue weighted by molar-refractivity contribution is 6.73. The van der Waals surface area contributed by atoms with Gasteiger partial charge in [0.25, 0.3) is 0 Å². The monoisotopic (exact) mass is 292 g/mol. The van der Waals surface area contributed by atoms with Crippen molar-refractivity contribution in [2.24, 2.45) is 5.92 Å². The van der Waals surface area contributed by atoms with E-state index < -0.39 is 8.32 Å². The third-order valence-electron chi connectivity index (χ3n) is 5.01. The third kappa shape index (κ3) is 4.39. The summed E-state index contributed by atoms with van der Waals surface area (Å²) in [5.41, 5.74) is 4.52. The van der Waals surface area contributed by atoms with Crippen LogP contribution in [0.5, 0.6) is 0 Å². The fraction of sp³-hybridized carbons (Fsp3) is 0.722. The average molecular weight is 293 g/mol. The van der Waals surface area contributed by atoms with Gasteiger partial charge in [0.05, 0.1) is 5.76 Å². The Balaban J connectivity index is 2.83. The van der Waals surface area contributed by atoms with Crippen LogP contribution < -0.4 is 0 Å². The molecule has 1 unspecified atom stereocenters. The van der Waals surface area contributed by atoms with Gasteiger partial charge in [-0.05, 0) is 43.0 Å². The van der Waals surface area contributed by atoms with Crippen LogP contribution in [0.25, 0.3) is 0 Å². The van der Waals surface area contributed by atoms with Gasteiger partial charge in [0, 0.05) is 5.92 Å². The van der Waals surface area contributed by atoms with Crippen molar-refractivity contribution >= 4 is 8.32 Å². The zero-order valence-corrected chi connectivity index (χ0v) is 14.8. The number of hydrogen-bond acceptors (Lipinski definition) is 1. The lowest BCUT2D eigenvalue weighted by Crippen LogP contribution is -2.36. The van der Waals surface area contributed by atoms with Crippen molar-refractivity contribution in [1.29, 1.82) is 0 Å². The molecular formula is C18H32OSi. The second-order valence-electron chi connectivity index (χ2n) is 6.02. The first-order chi connectivity index (χ1) is 9.62. The molecule has 0 aromatic heterocycles. The molecule has 0 amide bonds. The van der Waals surface area contributed by atoms with Crippen LogP contribution in [-0.4, -0.2) is 8.32 Å². The molecule has 0 saturated heterocycles. The van der Waals surface area contributed by atoms with Crippen molar-refractivity contribution < 1.29 is 4.43 Å². The fourth-order valence-corrected chi connectivity index (χ4v) is 5.88. The fourth-order valence-electron chi connectivity index (χ4n) is 3.25. The Morgan fingerprint density at radius 3 is 2.30 bits per heavy atom. The van der Waals surface area contributed by atoms with E-state index in [2.05, 4.69) is 39.7 Å². The molecule has 1 atom stereocenters. The molecule has 20 heavy (non-hydrogen) atoms. The normalized spacial score (nSPS) is 20.8. The van der Waals surface area contributed by atoms with Gasteiger partial charge in [-0.1, -0.05) is 53.2 Å². The Morgan fingerprint density at radius 1 is 1.15 bits per heavy atom. The van der Waals surface area contributed by atoms with Crippen LogP contribution in [-0.2, 0) is 4.43 Å². The topological polar surface area (TPSA) is 9.23 Å². The first kappa shape index (κ1) is 17.3. The summed E-state index contributed by atoms with van der Waals surface area (Å²) in [6, 6.07) is 3.54. The first-order valence-corrected chi connectivity index (χ1v) is 10.9. The van der Waals surface area contributed by atoms with E-state index >= 15 is 0 Å². The highest BCUT2D eigenvalue weighted by Gasteiger charge is 2.33. The van der Waals surface area contributed by atoms with Crippen LogP contribution in [0.4, 0.5) is 0 Å². The van der Waals surface area contributed by atoms with Crippen LogP contribution in [0.3, 0.4) is 0 Å². The summed E-state index contributed by atoms with van der Waals surface area (Å²) in [6.45, 7) is 15.0. The SMILES string of the molecule is C=C=C1CCCCCCC1C(=C)O[Si](CC)(CC)CC. The molecule has 1 saturated carbocycles. The van der Waals surface area contributed by atoms with Gasteiger partial charge in [0.2, 0.25) is 8.32 Å². The number of hydrogen-bond donors (Lipinski definition) is 0. The van der Waals surface area contributed by atoms with Crippen LogP contribution >= 0.6 is 0 Å². The molecule has 0 radical (unpaired) electrons. The molecule has 1 fully saturated rings. The first-order valence-electron chi connectivity index (χ1n) is 8.39. The molecule has 0 spiro atoms. The predicted octanol–water partition coefficient (Wildman–Crippen LogP) is 6.20. The zero-order valence-electron chi connectivity index (χ0n) is 13.8. The summed E-state index contributed by atoms with van der Waals surface area (Å²) < 4.78 is 6.51. The molecule has 2 heteroatoms. The predicted molar refractivity (Wildman–Crippen MR) is 91.3 cm³/mol. The molecule has 0 bridgehead atoms. The second kappa shape index (κ2) is 8.54. The number of allylic oxidation sites excluding steroid dienone is 1. The summed E-state index contributed by atoms with van der Waals surface area (Å²) >= 11 is 0. The van der Waals surface area contributed by atoms with E-state index in [-0.39, 0.29) is 0 Å². The van der Waals surface area contributed by atoms with Gasteiger partial charge < -0.3 is 4.43 Å². The van der Waals surface area contributed by atoms with E-state index in [1.165, 1.54) is 49.4 Å². The summed E-state index contributed by atoms with van der Waals surface area (Å²) in [5, 5.41) is 0. The van der Waals surface area contributed by atoms with Gasteiger partial charge in [0.15, 0.2) is 0 Å².